The molecule has 0 bridgehead atoms. The molecular weight excluding hydrogens is 292 g/mol. The first kappa shape index (κ1) is 13.4. The quantitative estimate of drug-likeness (QED) is 0.862. The summed E-state index contributed by atoms with van der Waals surface area (Å²) >= 11 is 8.48. The summed E-state index contributed by atoms with van der Waals surface area (Å²) in [5, 5.41) is 14.6. The van der Waals surface area contributed by atoms with E-state index in [0.29, 0.717) is 11.0 Å². The Balaban J connectivity index is 1.92. The van der Waals surface area contributed by atoms with Gasteiger partial charge in [0, 0.05) is 5.38 Å². The highest BCUT2D eigenvalue weighted by Gasteiger charge is 2.10. The van der Waals surface area contributed by atoms with Gasteiger partial charge in [0.1, 0.15) is 10.0 Å². The first-order chi connectivity index (χ1) is 8.71. The van der Waals surface area contributed by atoms with Crippen LogP contribution in [0.15, 0.2) is 5.38 Å². The van der Waals surface area contributed by atoms with Gasteiger partial charge < -0.3 is 5.32 Å². The van der Waals surface area contributed by atoms with E-state index in [9.17, 15) is 4.79 Å². The lowest BCUT2D eigenvalue weighted by molar-refractivity contribution is -0.115. The predicted octanol–water partition coefficient (Wildman–Crippen LogP) is 2.48. The smallest absolute Gasteiger partial charge is 0.233 e. The molecule has 2 aromatic rings. The monoisotopic (exact) mass is 302 g/mol. The minimum Gasteiger partial charge on any atom is -0.300 e. The van der Waals surface area contributed by atoms with Crippen LogP contribution in [0.4, 0.5) is 5.13 Å². The number of hydrogen-bond acceptors (Lipinski definition) is 6. The molecule has 0 aliphatic carbocycles. The summed E-state index contributed by atoms with van der Waals surface area (Å²) in [7, 11) is 0. The average Bonchev–Trinajstić information content (AvgIpc) is 2.98. The molecule has 0 atom stereocenters. The van der Waals surface area contributed by atoms with Crippen molar-refractivity contribution >= 4 is 45.3 Å². The molecule has 0 aliphatic rings. The number of aryl methyl sites for hydroxylation is 1. The zero-order chi connectivity index (χ0) is 13.0. The average molecular weight is 303 g/mol. The second-order valence-corrected chi connectivity index (χ2v) is 5.72. The van der Waals surface area contributed by atoms with Gasteiger partial charge in [-0.05, 0) is 6.42 Å². The fraction of sp³-hybridized carbons (Fsp3) is 0.400. The van der Waals surface area contributed by atoms with E-state index in [4.69, 9.17) is 11.6 Å². The fourth-order valence-corrected chi connectivity index (χ4v) is 2.96. The van der Waals surface area contributed by atoms with Crippen molar-refractivity contribution in [3.63, 3.8) is 0 Å². The molecule has 0 saturated heterocycles. The van der Waals surface area contributed by atoms with E-state index in [2.05, 4.69) is 20.5 Å². The third kappa shape index (κ3) is 3.47. The molecule has 0 radical (unpaired) electrons. The van der Waals surface area contributed by atoms with Crippen molar-refractivity contribution in [1.29, 1.82) is 0 Å². The van der Waals surface area contributed by atoms with E-state index in [-0.39, 0.29) is 12.3 Å². The molecule has 2 rings (SSSR count). The number of carbonyl (C=O) groups is 1. The number of hydrogen-bond donors (Lipinski definition) is 1. The van der Waals surface area contributed by atoms with Gasteiger partial charge in [-0.3, -0.25) is 4.79 Å². The zero-order valence-electron chi connectivity index (χ0n) is 9.64. The number of nitrogens with one attached hydrogen (secondary N) is 1. The third-order valence-electron chi connectivity index (χ3n) is 2.06. The molecule has 96 valence electrons. The van der Waals surface area contributed by atoms with Gasteiger partial charge in [-0.25, -0.2) is 4.98 Å². The molecule has 2 aromatic heterocycles. The van der Waals surface area contributed by atoms with Crippen molar-refractivity contribution in [1.82, 2.24) is 15.2 Å². The van der Waals surface area contributed by atoms with Crippen molar-refractivity contribution in [2.24, 2.45) is 0 Å². The summed E-state index contributed by atoms with van der Waals surface area (Å²) < 4.78 is 0. The maximum atomic E-state index is 11.7. The van der Waals surface area contributed by atoms with Crippen molar-refractivity contribution in [2.45, 2.75) is 25.6 Å². The number of alkyl halides is 1. The third-order valence-corrected chi connectivity index (χ3v) is 4.22. The molecule has 0 spiro atoms. The van der Waals surface area contributed by atoms with E-state index >= 15 is 0 Å². The Kier molecular flexibility index (Phi) is 4.62. The van der Waals surface area contributed by atoms with Crippen molar-refractivity contribution < 1.29 is 4.79 Å². The molecule has 1 N–H and O–H groups in total. The normalized spacial score (nSPS) is 10.6. The van der Waals surface area contributed by atoms with Crippen LogP contribution in [0, 0.1) is 0 Å². The molecule has 0 aromatic carbocycles. The van der Waals surface area contributed by atoms with Crippen LogP contribution in [-0.4, -0.2) is 21.1 Å². The van der Waals surface area contributed by atoms with Gasteiger partial charge in [-0.1, -0.05) is 18.3 Å². The largest absolute Gasteiger partial charge is 0.300 e. The molecule has 2 heterocycles. The summed E-state index contributed by atoms with van der Waals surface area (Å²) in [6.45, 7) is 2.00. The van der Waals surface area contributed by atoms with Crippen LogP contribution in [0.1, 0.15) is 22.6 Å². The van der Waals surface area contributed by atoms with Crippen LogP contribution in [-0.2, 0) is 23.5 Å². The summed E-state index contributed by atoms with van der Waals surface area (Å²) in [5.74, 6) is 0.234. The Morgan fingerprint density at radius 3 is 2.89 bits per heavy atom. The fourth-order valence-electron chi connectivity index (χ4n) is 1.24. The Hall–Kier alpha value is -1.05. The number of thiazole rings is 1. The first-order valence-electron chi connectivity index (χ1n) is 5.32. The second kappa shape index (κ2) is 6.21. The summed E-state index contributed by atoms with van der Waals surface area (Å²) in [6, 6.07) is 0. The maximum Gasteiger partial charge on any atom is 0.233 e. The van der Waals surface area contributed by atoms with Crippen LogP contribution >= 0.6 is 34.3 Å². The van der Waals surface area contributed by atoms with E-state index in [1.54, 1.807) is 0 Å². The Labute approximate surface area is 117 Å². The highest BCUT2D eigenvalue weighted by molar-refractivity contribution is 7.15. The number of amides is 1. The van der Waals surface area contributed by atoms with E-state index < -0.39 is 0 Å². The summed E-state index contributed by atoms with van der Waals surface area (Å²) in [6.07, 6.45) is 1.06. The SMILES string of the molecule is CCc1nnc(NC(=O)Cc2nc(CCl)cs2)s1. The van der Waals surface area contributed by atoms with Crippen LogP contribution in [0.5, 0.6) is 0 Å². The lowest BCUT2D eigenvalue weighted by Crippen LogP contribution is -2.14. The minimum atomic E-state index is -0.135. The summed E-state index contributed by atoms with van der Waals surface area (Å²) in [4.78, 5) is 16.0. The summed E-state index contributed by atoms with van der Waals surface area (Å²) in [5.41, 5.74) is 0.800. The highest BCUT2D eigenvalue weighted by Crippen LogP contribution is 2.17. The van der Waals surface area contributed by atoms with Crippen molar-refractivity contribution in [3.05, 3.63) is 21.1 Å². The van der Waals surface area contributed by atoms with Gasteiger partial charge in [0.15, 0.2) is 0 Å². The van der Waals surface area contributed by atoms with E-state index in [1.807, 2.05) is 12.3 Å². The van der Waals surface area contributed by atoms with Crippen molar-refractivity contribution in [2.75, 3.05) is 5.32 Å². The molecule has 5 nitrogen and oxygen atoms in total. The van der Waals surface area contributed by atoms with Gasteiger partial charge in [-0.15, -0.1) is 33.1 Å². The van der Waals surface area contributed by atoms with Crippen LogP contribution in [0.2, 0.25) is 0 Å². The zero-order valence-corrected chi connectivity index (χ0v) is 12.0. The standard InChI is InChI=1S/C10H11ClN4OS2/c1-2-8-14-15-10(18-8)13-7(16)3-9-12-6(4-11)5-17-9/h5H,2-4H2,1H3,(H,13,15,16). The van der Waals surface area contributed by atoms with Crippen LogP contribution < -0.4 is 5.32 Å². The van der Waals surface area contributed by atoms with E-state index in [0.717, 1.165) is 22.1 Å². The molecule has 0 fully saturated rings. The van der Waals surface area contributed by atoms with E-state index in [1.165, 1.54) is 22.7 Å². The molecule has 18 heavy (non-hydrogen) atoms. The molecule has 0 saturated carbocycles. The Morgan fingerprint density at radius 2 is 2.28 bits per heavy atom. The van der Waals surface area contributed by atoms with Gasteiger partial charge in [-0.2, -0.15) is 0 Å². The number of aromatic nitrogens is 3. The number of carbonyl (C=O) groups excluding carboxylic acids is 1. The van der Waals surface area contributed by atoms with Crippen LogP contribution in [0.3, 0.4) is 0 Å². The second-order valence-electron chi connectivity index (χ2n) is 3.45. The topological polar surface area (TPSA) is 67.8 Å². The number of anilines is 1. The van der Waals surface area contributed by atoms with Gasteiger partial charge in [0.25, 0.3) is 0 Å². The van der Waals surface area contributed by atoms with Crippen LogP contribution in [0.25, 0.3) is 0 Å². The number of nitrogens with zero attached hydrogens (tertiary/aromatic N) is 3. The minimum absolute atomic E-state index is 0.135. The lowest BCUT2D eigenvalue weighted by Gasteiger charge is -1.97. The number of halogens is 1. The number of rotatable bonds is 5. The lowest BCUT2D eigenvalue weighted by atomic mass is 10.4. The molecule has 1 amide bonds. The van der Waals surface area contributed by atoms with Gasteiger partial charge >= 0.3 is 0 Å². The molecule has 8 heteroatoms. The first-order valence-corrected chi connectivity index (χ1v) is 7.55. The Morgan fingerprint density at radius 1 is 1.44 bits per heavy atom. The van der Waals surface area contributed by atoms with Gasteiger partial charge in [0.05, 0.1) is 18.0 Å². The van der Waals surface area contributed by atoms with Gasteiger partial charge in [0.2, 0.25) is 11.0 Å². The Bertz CT molecular complexity index is 493. The van der Waals surface area contributed by atoms with Crippen molar-refractivity contribution in [3.8, 4) is 0 Å². The maximum absolute atomic E-state index is 11.7. The molecule has 0 unspecified atom stereocenters. The molecular formula is C10H11ClN4OS2. The molecule has 0 aliphatic heterocycles. The highest BCUT2D eigenvalue weighted by atomic mass is 35.5. The predicted molar refractivity (Wildman–Crippen MR) is 73.3 cm³/mol.